The van der Waals surface area contributed by atoms with E-state index < -0.39 is 0 Å². The fourth-order valence-electron chi connectivity index (χ4n) is 0.793. The quantitative estimate of drug-likeness (QED) is 0.528. The molecule has 0 unspecified atom stereocenters. The number of hydrogen-bond acceptors (Lipinski definition) is 2. The van der Waals surface area contributed by atoms with Crippen LogP contribution in [0.3, 0.4) is 0 Å². The lowest BCUT2D eigenvalue weighted by Crippen LogP contribution is -2.09. The van der Waals surface area contributed by atoms with Gasteiger partial charge in [0, 0.05) is 11.8 Å². The first-order chi connectivity index (χ1) is 5.20. The van der Waals surface area contributed by atoms with Crippen LogP contribution in [0.5, 0.6) is 0 Å². The van der Waals surface area contributed by atoms with Gasteiger partial charge in [-0.15, -0.1) is 0 Å². The number of hydrogen-bond donors (Lipinski definition) is 0. The Labute approximate surface area is 76.4 Å². The molecule has 0 bridgehead atoms. The summed E-state index contributed by atoms with van der Waals surface area (Å²) in [6, 6.07) is 0. The first-order valence-electron chi connectivity index (χ1n) is 3.92. The fraction of sp³-hybridized carbons (Fsp3) is 0.875. The molecule has 0 aliphatic heterocycles. The molecule has 0 radical (unpaired) electrons. The summed E-state index contributed by atoms with van der Waals surface area (Å²) in [6.45, 7) is 4.37. The molecule has 0 aliphatic carbocycles. The number of ether oxygens (including phenoxy) is 1. The van der Waals surface area contributed by atoms with Gasteiger partial charge in [-0.2, -0.15) is 0 Å². The Bertz CT molecular complexity index is 115. The van der Waals surface area contributed by atoms with E-state index in [1.54, 1.807) is 0 Å². The highest BCUT2D eigenvalue weighted by Gasteiger charge is 2.08. The molecule has 0 N–H and O–H groups in total. The van der Waals surface area contributed by atoms with Crippen molar-refractivity contribution < 1.29 is 9.53 Å². The van der Waals surface area contributed by atoms with E-state index in [0.29, 0.717) is 18.9 Å². The van der Waals surface area contributed by atoms with Crippen molar-refractivity contribution in [2.75, 3.05) is 11.9 Å². The van der Waals surface area contributed by atoms with Crippen LogP contribution in [-0.4, -0.2) is 17.9 Å². The van der Waals surface area contributed by atoms with Crippen LogP contribution in [0.15, 0.2) is 0 Å². The third-order valence-electron chi connectivity index (χ3n) is 1.42. The summed E-state index contributed by atoms with van der Waals surface area (Å²) in [5.74, 6) is 0.342. The third-order valence-corrected chi connectivity index (χ3v) is 1.88. The topological polar surface area (TPSA) is 26.3 Å². The predicted molar refractivity (Wildman–Crippen MR) is 48.8 cm³/mol. The van der Waals surface area contributed by atoms with E-state index in [1.807, 2.05) is 6.92 Å². The van der Waals surface area contributed by atoms with Crippen molar-refractivity contribution in [2.45, 2.75) is 26.7 Å². The van der Waals surface area contributed by atoms with Crippen molar-refractivity contribution in [2.24, 2.45) is 5.92 Å². The summed E-state index contributed by atoms with van der Waals surface area (Å²) >= 11 is 3.33. The highest BCUT2D eigenvalue weighted by molar-refractivity contribution is 9.09. The molecule has 0 amide bonds. The Morgan fingerprint density at radius 1 is 1.64 bits per heavy atom. The monoisotopic (exact) mass is 222 g/mol. The highest BCUT2D eigenvalue weighted by atomic mass is 79.9. The second-order valence-corrected chi connectivity index (χ2v) is 3.38. The molecule has 0 saturated heterocycles. The number of halogens is 1. The molecule has 66 valence electrons. The average molecular weight is 223 g/mol. The van der Waals surface area contributed by atoms with Crippen LogP contribution >= 0.6 is 15.9 Å². The Hall–Kier alpha value is -0.0500. The molecule has 11 heavy (non-hydrogen) atoms. The zero-order chi connectivity index (χ0) is 8.69. The van der Waals surface area contributed by atoms with Gasteiger partial charge in [0.1, 0.15) is 0 Å². The Balaban J connectivity index is 3.40. The minimum atomic E-state index is -0.0825. The van der Waals surface area contributed by atoms with Gasteiger partial charge in [0.25, 0.3) is 0 Å². The number of carbonyl (C=O) groups excluding carboxylic acids is 1. The lowest BCUT2D eigenvalue weighted by molar-refractivity contribution is -0.144. The van der Waals surface area contributed by atoms with Crippen molar-refractivity contribution in [3.05, 3.63) is 0 Å². The Morgan fingerprint density at radius 3 is 2.73 bits per heavy atom. The van der Waals surface area contributed by atoms with Crippen LogP contribution in [0.4, 0.5) is 0 Å². The molecule has 2 nitrogen and oxygen atoms in total. The molecule has 0 aliphatic rings. The van der Waals surface area contributed by atoms with E-state index in [1.165, 1.54) is 0 Å². The van der Waals surface area contributed by atoms with E-state index in [9.17, 15) is 4.79 Å². The SMILES string of the molecule is CCOC(=O)C[C@@H](C)CCBr. The lowest BCUT2D eigenvalue weighted by Gasteiger charge is -2.07. The minimum Gasteiger partial charge on any atom is -0.466 e. The van der Waals surface area contributed by atoms with E-state index >= 15 is 0 Å². The van der Waals surface area contributed by atoms with Crippen molar-refractivity contribution in [3.8, 4) is 0 Å². The van der Waals surface area contributed by atoms with Gasteiger partial charge >= 0.3 is 5.97 Å². The molecule has 0 aromatic heterocycles. The zero-order valence-corrected chi connectivity index (χ0v) is 8.69. The molecule has 0 heterocycles. The van der Waals surface area contributed by atoms with E-state index in [2.05, 4.69) is 22.9 Å². The molecule has 0 aromatic carbocycles. The van der Waals surface area contributed by atoms with E-state index in [-0.39, 0.29) is 5.97 Å². The summed E-state index contributed by atoms with van der Waals surface area (Å²) in [5, 5.41) is 0.952. The van der Waals surface area contributed by atoms with Crippen molar-refractivity contribution >= 4 is 21.9 Å². The predicted octanol–water partition coefficient (Wildman–Crippen LogP) is 2.36. The zero-order valence-electron chi connectivity index (χ0n) is 7.10. The Kier molecular flexibility index (Phi) is 6.62. The third kappa shape index (κ3) is 6.35. The standard InChI is InChI=1S/C8H15BrO2/c1-3-11-8(10)6-7(2)4-5-9/h7H,3-6H2,1-2H3/t7-/m0/s1. The number of esters is 1. The number of alkyl halides is 1. The number of rotatable bonds is 5. The second kappa shape index (κ2) is 6.65. The maximum Gasteiger partial charge on any atom is 0.306 e. The first kappa shape index (κ1) is 11.0. The summed E-state index contributed by atoms with van der Waals surface area (Å²) in [4.78, 5) is 10.9. The minimum absolute atomic E-state index is 0.0825. The molecule has 0 saturated carbocycles. The van der Waals surface area contributed by atoms with Gasteiger partial charge < -0.3 is 4.74 Å². The second-order valence-electron chi connectivity index (χ2n) is 2.59. The molecule has 0 fully saturated rings. The lowest BCUT2D eigenvalue weighted by atomic mass is 10.1. The van der Waals surface area contributed by atoms with Crippen LogP contribution in [0.1, 0.15) is 26.7 Å². The van der Waals surface area contributed by atoms with Crippen LogP contribution in [0, 0.1) is 5.92 Å². The Morgan fingerprint density at radius 2 is 2.27 bits per heavy atom. The maximum absolute atomic E-state index is 10.9. The summed E-state index contributed by atoms with van der Waals surface area (Å²) in [5.41, 5.74) is 0. The summed E-state index contributed by atoms with van der Waals surface area (Å²) in [6.07, 6.45) is 1.57. The maximum atomic E-state index is 10.9. The van der Waals surface area contributed by atoms with Crippen molar-refractivity contribution in [1.82, 2.24) is 0 Å². The fourth-order valence-corrected chi connectivity index (χ4v) is 1.57. The van der Waals surface area contributed by atoms with Crippen LogP contribution in [0.25, 0.3) is 0 Å². The molecule has 3 heteroatoms. The normalized spacial score (nSPS) is 12.6. The van der Waals surface area contributed by atoms with Crippen LogP contribution < -0.4 is 0 Å². The molecular formula is C8H15BrO2. The molecular weight excluding hydrogens is 208 g/mol. The molecule has 0 rings (SSSR count). The van der Waals surface area contributed by atoms with Gasteiger partial charge in [-0.25, -0.2) is 0 Å². The van der Waals surface area contributed by atoms with Crippen LogP contribution in [0.2, 0.25) is 0 Å². The summed E-state index contributed by atoms with van der Waals surface area (Å²) in [7, 11) is 0. The van der Waals surface area contributed by atoms with Gasteiger partial charge in [-0.1, -0.05) is 22.9 Å². The largest absolute Gasteiger partial charge is 0.466 e. The van der Waals surface area contributed by atoms with Gasteiger partial charge in [-0.05, 0) is 19.3 Å². The first-order valence-corrected chi connectivity index (χ1v) is 5.04. The summed E-state index contributed by atoms with van der Waals surface area (Å²) < 4.78 is 4.80. The van der Waals surface area contributed by atoms with Gasteiger partial charge in [0.15, 0.2) is 0 Å². The van der Waals surface area contributed by atoms with E-state index in [4.69, 9.17) is 4.74 Å². The van der Waals surface area contributed by atoms with Gasteiger partial charge in [0.2, 0.25) is 0 Å². The number of carbonyl (C=O) groups is 1. The van der Waals surface area contributed by atoms with Crippen LogP contribution in [-0.2, 0) is 9.53 Å². The molecule has 0 aromatic rings. The highest BCUT2D eigenvalue weighted by Crippen LogP contribution is 2.09. The molecule has 1 atom stereocenters. The average Bonchev–Trinajstić information content (AvgIpc) is 1.87. The smallest absolute Gasteiger partial charge is 0.306 e. The van der Waals surface area contributed by atoms with Crippen molar-refractivity contribution in [1.29, 1.82) is 0 Å². The van der Waals surface area contributed by atoms with E-state index in [0.717, 1.165) is 11.8 Å². The molecule has 0 spiro atoms. The van der Waals surface area contributed by atoms with Gasteiger partial charge in [0.05, 0.1) is 6.61 Å². The van der Waals surface area contributed by atoms with Crippen molar-refractivity contribution in [3.63, 3.8) is 0 Å². The van der Waals surface area contributed by atoms with Gasteiger partial charge in [-0.3, -0.25) is 4.79 Å².